The Morgan fingerprint density at radius 1 is 1.40 bits per heavy atom. The van der Waals surface area contributed by atoms with Gasteiger partial charge in [-0.15, -0.1) is 0 Å². The minimum absolute atomic E-state index is 0.0642. The fourth-order valence-corrected chi connectivity index (χ4v) is 1.96. The molecule has 7 heteroatoms. The standard InChI is InChI=1S/C13H15FN2O4/c1-16(10-4-2-9(14)3-5-10)12(19)15-13(11(17)18)6-7-20-8-13/h2-5H,6-8H2,1H3,(H,15,19)(H,17,18). The van der Waals surface area contributed by atoms with E-state index < -0.39 is 23.4 Å². The first-order chi connectivity index (χ1) is 9.44. The number of halogens is 1. The van der Waals surface area contributed by atoms with Gasteiger partial charge in [0, 0.05) is 25.8 Å². The number of hydrogen-bond acceptors (Lipinski definition) is 3. The lowest BCUT2D eigenvalue weighted by Crippen LogP contribution is -2.58. The molecule has 0 spiro atoms. The van der Waals surface area contributed by atoms with E-state index in [1.165, 1.54) is 36.2 Å². The van der Waals surface area contributed by atoms with Gasteiger partial charge in [0.1, 0.15) is 5.82 Å². The van der Waals surface area contributed by atoms with Crippen LogP contribution in [0.3, 0.4) is 0 Å². The largest absolute Gasteiger partial charge is 0.479 e. The maximum Gasteiger partial charge on any atom is 0.332 e. The van der Waals surface area contributed by atoms with Crippen molar-refractivity contribution >= 4 is 17.7 Å². The van der Waals surface area contributed by atoms with Crippen LogP contribution >= 0.6 is 0 Å². The molecule has 1 heterocycles. The Morgan fingerprint density at radius 2 is 2.05 bits per heavy atom. The number of nitrogens with one attached hydrogen (secondary N) is 1. The van der Waals surface area contributed by atoms with Gasteiger partial charge in [0.25, 0.3) is 0 Å². The molecule has 6 nitrogen and oxygen atoms in total. The van der Waals surface area contributed by atoms with Crippen molar-refractivity contribution in [1.82, 2.24) is 5.32 Å². The topological polar surface area (TPSA) is 78.9 Å². The van der Waals surface area contributed by atoms with Gasteiger partial charge in [-0.2, -0.15) is 0 Å². The van der Waals surface area contributed by atoms with Crippen LogP contribution in [0, 0.1) is 5.82 Å². The van der Waals surface area contributed by atoms with Crippen molar-refractivity contribution in [2.45, 2.75) is 12.0 Å². The van der Waals surface area contributed by atoms with Crippen LogP contribution in [0.5, 0.6) is 0 Å². The lowest BCUT2D eigenvalue weighted by molar-refractivity contribution is -0.144. The summed E-state index contributed by atoms with van der Waals surface area (Å²) in [6, 6.07) is 4.75. The summed E-state index contributed by atoms with van der Waals surface area (Å²) in [6.07, 6.45) is 0.214. The number of urea groups is 1. The fraction of sp³-hybridized carbons (Fsp3) is 0.385. The van der Waals surface area contributed by atoms with Gasteiger partial charge < -0.3 is 15.2 Å². The van der Waals surface area contributed by atoms with E-state index in [4.69, 9.17) is 4.74 Å². The van der Waals surface area contributed by atoms with E-state index in [1.54, 1.807) is 0 Å². The summed E-state index contributed by atoms with van der Waals surface area (Å²) >= 11 is 0. The Morgan fingerprint density at radius 3 is 2.55 bits per heavy atom. The van der Waals surface area contributed by atoms with Gasteiger partial charge in [0.15, 0.2) is 5.54 Å². The molecule has 2 amide bonds. The maximum absolute atomic E-state index is 12.8. The Bertz CT molecular complexity index is 512. The second-order valence-corrected chi connectivity index (χ2v) is 4.66. The zero-order chi connectivity index (χ0) is 14.8. The third-order valence-corrected chi connectivity index (χ3v) is 3.30. The van der Waals surface area contributed by atoms with Crippen LogP contribution in [-0.2, 0) is 9.53 Å². The SMILES string of the molecule is CN(C(=O)NC1(C(=O)O)CCOC1)c1ccc(F)cc1. The molecule has 2 rings (SSSR count). The molecule has 108 valence electrons. The van der Waals surface area contributed by atoms with Crippen LogP contribution in [0.4, 0.5) is 14.9 Å². The second kappa shape index (κ2) is 5.46. The molecule has 0 aromatic heterocycles. The first kappa shape index (κ1) is 14.3. The average Bonchev–Trinajstić information content (AvgIpc) is 2.88. The van der Waals surface area contributed by atoms with Crippen LogP contribution in [-0.4, -0.2) is 42.9 Å². The molecular formula is C13H15FN2O4. The van der Waals surface area contributed by atoms with E-state index in [0.29, 0.717) is 5.69 Å². The smallest absolute Gasteiger partial charge is 0.332 e. The minimum atomic E-state index is -1.40. The van der Waals surface area contributed by atoms with E-state index in [0.717, 1.165) is 0 Å². The number of hydrogen-bond donors (Lipinski definition) is 2. The molecule has 0 aliphatic carbocycles. The number of nitrogens with zero attached hydrogens (tertiary/aromatic N) is 1. The molecule has 1 aliphatic heterocycles. The summed E-state index contributed by atoms with van der Waals surface area (Å²) in [7, 11) is 1.48. The van der Waals surface area contributed by atoms with Gasteiger partial charge in [0.05, 0.1) is 6.61 Å². The molecule has 1 fully saturated rings. The summed E-state index contributed by atoms with van der Waals surface area (Å²) in [5.41, 5.74) is -0.936. The number of amides is 2. The average molecular weight is 282 g/mol. The quantitative estimate of drug-likeness (QED) is 0.873. The molecule has 1 atom stereocenters. The summed E-state index contributed by atoms with van der Waals surface area (Å²) in [4.78, 5) is 24.6. The van der Waals surface area contributed by atoms with Crippen LogP contribution < -0.4 is 10.2 Å². The van der Waals surface area contributed by atoms with E-state index in [2.05, 4.69) is 5.32 Å². The monoisotopic (exact) mass is 282 g/mol. The van der Waals surface area contributed by atoms with Gasteiger partial charge in [0.2, 0.25) is 0 Å². The van der Waals surface area contributed by atoms with Crippen molar-refractivity contribution in [3.05, 3.63) is 30.1 Å². The molecule has 0 radical (unpaired) electrons. The first-order valence-electron chi connectivity index (χ1n) is 6.07. The van der Waals surface area contributed by atoms with Gasteiger partial charge in [-0.1, -0.05) is 0 Å². The highest BCUT2D eigenvalue weighted by atomic mass is 19.1. The second-order valence-electron chi connectivity index (χ2n) is 4.66. The highest BCUT2D eigenvalue weighted by molar-refractivity contribution is 5.95. The molecule has 1 saturated heterocycles. The zero-order valence-electron chi connectivity index (χ0n) is 10.9. The van der Waals surface area contributed by atoms with Gasteiger partial charge in [-0.3, -0.25) is 4.90 Å². The van der Waals surface area contributed by atoms with E-state index in [-0.39, 0.29) is 19.6 Å². The molecule has 2 N–H and O–H groups in total. The molecule has 0 bridgehead atoms. The van der Waals surface area contributed by atoms with Crippen LogP contribution in [0.25, 0.3) is 0 Å². The van der Waals surface area contributed by atoms with Crippen LogP contribution in [0.1, 0.15) is 6.42 Å². The third-order valence-electron chi connectivity index (χ3n) is 3.30. The number of carboxylic acids is 1. The van der Waals surface area contributed by atoms with Gasteiger partial charge >= 0.3 is 12.0 Å². The molecule has 20 heavy (non-hydrogen) atoms. The minimum Gasteiger partial charge on any atom is -0.479 e. The number of ether oxygens (including phenoxy) is 1. The Kier molecular flexibility index (Phi) is 3.89. The Labute approximate surface area is 115 Å². The Hall–Kier alpha value is -2.15. The number of carboxylic acid groups (broad SMARTS) is 1. The van der Waals surface area contributed by atoms with Crippen LogP contribution in [0.2, 0.25) is 0 Å². The number of anilines is 1. The molecule has 1 aliphatic rings. The van der Waals surface area contributed by atoms with E-state index in [1.807, 2.05) is 0 Å². The number of benzene rings is 1. The third kappa shape index (κ3) is 2.72. The zero-order valence-corrected chi connectivity index (χ0v) is 10.9. The Balaban J connectivity index is 2.11. The predicted molar refractivity (Wildman–Crippen MR) is 69.1 cm³/mol. The van der Waals surface area contributed by atoms with Gasteiger partial charge in [-0.05, 0) is 24.3 Å². The van der Waals surface area contributed by atoms with E-state index in [9.17, 15) is 19.1 Å². The first-order valence-corrected chi connectivity index (χ1v) is 6.07. The molecule has 1 aromatic carbocycles. The number of carbonyl (C=O) groups excluding carboxylic acids is 1. The van der Waals surface area contributed by atoms with Crippen molar-refractivity contribution in [3.8, 4) is 0 Å². The van der Waals surface area contributed by atoms with Crippen molar-refractivity contribution in [2.24, 2.45) is 0 Å². The molecule has 0 saturated carbocycles. The fourth-order valence-electron chi connectivity index (χ4n) is 1.96. The summed E-state index contributed by atoms with van der Waals surface area (Å²) in [5.74, 6) is -1.54. The lowest BCUT2D eigenvalue weighted by atomic mass is 9.99. The highest BCUT2D eigenvalue weighted by Crippen LogP contribution is 2.20. The predicted octanol–water partition coefficient (Wildman–Crippen LogP) is 1.22. The van der Waals surface area contributed by atoms with Crippen molar-refractivity contribution in [1.29, 1.82) is 0 Å². The maximum atomic E-state index is 12.8. The van der Waals surface area contributed by atoms with Gasteiger partial charge in [-0.25, -0.2) is 14.0 Å². The normalized spacial score (nSPS) is 21.5. The van der Waals surface area contributed by atoms with Crippen molar-refractivity contribution in [2.75, 3.05) is 25.2 Å². The lowest BCUT2D eigenvalue weighted by Gasteiger charge is -2.27. The number of aliphatic carboxylic acids is 1. The van der Waals surface area contributed by atoms with Crippen molar-refractivity contribution < 1.29 is 23.8 Å². The molecular weight excluding hydrogens is 267 g/mol. The number of rotatable bonds is 3. The summed E-state index contributed by atoms with van der Waals surface area (Å²) in [5, 5.41) is 11.7. The summed E-state index contributed by atoms with van der Waals surface area (Å²) in [6.45, 7) is 0.220. The van der Waals surface area contributed by atoms with Crippen LogP contribution in [0.15, 0.2) is 24.3 Å². The summed E-state index contributed by atoms with van der Waals surface area (Å²) < 4.78 is 17.9. The van der Waals surface area contributed by atoms with Crippen molar-refractivity contribution in [3.63, 3.8) is 0 Å². The number of carbonyl (C=O) groups is 2. The van der Waals surface area contributed by atoms with E-state index >= 15 is 0 Å². The highest BCUT2D eigenvalue weighted by Gasteiger charge is 2.44. The molecule has 1 unspecified atom stereocenters. The molecule has 1 aromatic rings.